The number of rotatable bonds is 5. The highest BCUT2D eigenvalue weighted by molar-refractivity contribution is 4.94. The van der Waals surface area contributed by atoms with Gasteiger partial charge in [-0.1, -0.05) is 12.8 Å². The monoisotopic (exact) mass is 180 g/mol. The van der Waals surface area contributed by atoms with Crippen molar-refractivity contribution in [3.05, 3.63) is 0 Å². The molecule has 0 heterocycles. The lowest BCUT2D eigenvalue weighted by Gasteiger charge is -2.42. The Labute approximate surface area is 81.7 Å². The van der Waals surface area contributed by atoms with Crippen molar-refractivity contribution >= 4 is 0 Å². The molecule has 0 spiro atoms. The van der Waals surface area contributed by atoms with E-state index in [4.69, 9.17) is 6.42 Å². The summed E-state index contributed by atoms with van der Waals surface area (Å²) in [7, 11) is 2.13. The van der Waals surface area contributed by atoms with E-state index in [1.807, 2.05) is 0 Å². The Balaban J connectivity index is 2.23. The Morgan fingerprint density at radius 1 is 1.54 bits per heavy atom. The Morgan fingerprint density at radius 2 is 2.31 bits per heavy atom. The Morgan fingerprint density at radius 3 is 2.77 bits per heavy atom. The fourth-order valence-corrected chi connectivity index (χ4v) is 1.96. The van der Waals surface area contributed by atoms with Crippen molar-refractivity contribution in [1.82, 2.24) is 10.2 Å². The first-order valence-corrected chi connectivity index (χ1v) is 5.14. The van der Waals surface area contributed by atoms with Crippen molar-refractivity contribution in [1.29, 1.82) is 0 Å². The van der Waals surface area contributed by atoms with E-state index in [9.17, 15) is 0 Å². The van der Waals surface area contributed by atoms with Gasteiger partial charge in [0.25, 0.3) is 0 Å². The van der Waals surface area contributed by atoms with Crippen LogP contribution in [0.2, 0.25) is 0 Å². The third kappa shape index (κ3) is 2.72. The van der Waals surface area contributed by atoms with Gasteiger partial charge < -0.3 is 5.32 Å². The average Bonchev–Trinajstić information content (AvgIpc) is 2.03. The fourth-order valence-electron chi connectivity index (χ4n) is 1.96. The number of nitrogens with zero attached hydrogens (tertiary/aromatic N) is 1. The molecule has 1 aliphatic rings. The van der Waals surface area contributed by atoms with Crippen LogP contribution in [0.1, 0.15) is 19.8 Å². The standard InChI is InChI=1S/C11H20N2/c1-4-8-13(3)11-7-6-10(11)9-12-5-2/h1,10-12H,5-9H2,2-3H3. The number of terminal acetylenes is 1. The van der Waals surface area contributed by atoms with Gasteiger partial charge in [0.05, 0.1) is 6.54 Å². The summed E-state index contributed by atoms with van der Waals surface area (Å²) >= 11 is 0. The second-order valence-electron chi connectivity index (χ2n) is 3.83. The van der Waals surface area contributed by atoms with E-state index in [-0.39, 0.29) is 0 Å². The zero-order valence-electron chi connectivity index (χ0n) is 8.71. The molecule has 0 aromatic rings. The van der Waals surface area contributed by atoms with Crippen molar-refractivity contribution in [2.45, 2.75) is 25.8 Å². The van der Waals surface area contributed by atoms with Gasteiger partial charge in [0.15, 0.2) is 0 Å². The molecule has 13 heavy (non-hydrogen) atoms. The molecule has 2 heteroatoms. The van der Waals surface area contributed by atoms with Gasteiger partial charge in [-0.3, -0.25) is 4.90 Å². The summed E-state index contributed by atoms with van der Waals surface area (Å²) < 4.78 is 0. The predicted molar refractivity (Wildman–Crippen MR) is 56.5 cm³/mol. The number of hydrogen-bond acceptors (Lipinski definition) is 2. The maximum Gasteiger partial charge on any atom is 0.0598 e. The molecule has 0 bridgehead atoms. The first kappa shape index (κ1) is 10.6. The Hall–Kier alpha value is -0.520. The molecular weight excluding hydrogens is 160 g/mol. The van der Waals surface area contributed by atoms with Gasteiger partial charge in [-0.25, -0.2) is 0 Å². The summed E-state index contributed by atoms with van der Waals surface area (Å²) in [4.78, 5) is 2.30. The van der Waals surface area contributed by atoms with Crippen LogP contribution in [0.15, 0.2) is 0 Å². The normalized spacial score (nSPS) is 26.9. The molecule has 2 unspecified atom stereocenters. The summed E-state index contributed by atoms with van der Waals surface area (Å²) in [6.07, 6.45) is 7.95. The van der Waals surface area contributed by atoms with E-state index in [1.54, 1.807) is 0 Å². The molecule has 1 fully saturated rings. The second kappa shape index (κ2) is 5.26. The van der Waals surface area contributed by atoms with Gasteiger partial charge in [-0.05, 0) is 38.9 Å². The fraction of sp³-hybridized carbons (Fsp3) is 0.818. The van der Waals surface area contributed by atoms with Crippen LogP contribution >= 0.6 is 0 Å². The Bertz CT molecular complexity index is 183. The molecule has 1 rings (SSSR count). The lowest BCUT2D eigenvalue weighted by atomic mass is 9.78. The summed E-state index contributed by atoms with van der Waals surface area (Å²) in [5.74, 6) is 3.52. The van der Waals surface area contributed by atoms with Gasteiger partial charge in [0.2, 0.25) is 0 Å². The quantitative estimate of drug-likeness (QED) is 0.633. The molecular formula is C11H20N2. The zero-order chi connectivity index (χ0) is 9.68. The number of nitrogens with one attached hydrogen (secondary N) is 1. The minimum absolute atomic E-state index is 0.718. The van der Waals surface area contributed by atoms with Gasteiger partial charge >= 0.3 is 0 Å². The maximum atomic E-state index is 5.28. The summed E-state index contributed by atoms with van der Waals surface area (Å²) in [5, 5.41) is 3.40. The molecule has 0 aromatic carbocycles. The van der Waals surface area contributed by atoms with Crippen LogP contribution in [-0.4, -0.2) is 37.6 Å². The van der Waals surface area contributed by atoms with E-state index in [0.717, 1.165) is 31.6 Å². The lowest BCUT2D eigenvalue weighted by Crippen LogP contribution is -2.49. The summed E-state index contributed by atoms with van der Waals surface area (Å²) in [5.41, 5.74) is 0. The number of hydrogen-bond donors (Lipinski definition) is 1. The predicted octanol–water partition coefficient (Wildman–Crippen LogP) is 0.940. The van der Waals surface area contributed by atoms with Crippen molar-refractivity contribution in [2.24, 2.45) is 5.92 Å². The van der Waals surface area contributed by atoms with Crippen LogP contribution in [0.3, 0.4) is 0 Å². The largest absolute Gasteiger partial charge is 0.317 e. The molecule has 0 saturated heterocycles. The third-order valence-corrected chi connectivity index (χ3v) is 2.94. The maximum absolute atomic E-state index is 5.28. The van der Waals surface area contributed by atoms with E-state index in [1.165, 1.54) is 12.8 Å². The summed E-state index contributed by atoms with van der Waals surface area (Å²) in [6, 6.07) is 0.718. The smallest absolute Gasteiger partial charge is 0.0598 e. The molecule has 74 valence electrons. The molecule has 0 amide bonds. The van der Waals surface area contributed by atoms with Crippen LogP contribution < -0.4 is 5.32 Å². The van der Waals surface area contributed by atoms with Gasteiger partial charge in [0.1, 0.15) is 0 Å². The van der Waals surface area contributed by atoms with Crippen LogP contribution in [0.5, 0.6) is 0 Å². The van der Waals surface area contributed by atoms with Crippen LogP contribution in [0, 0.1) is 18.3 Å². The summed E-state index contributed by atoms with van der Waals surface area (Å²) in [6.45, 7) is 5.16. The van der Waals surface area contributed by atoms with Crippen molar-refractivity contribution in [2.75, 3.05) is 26.7 Å². The van der Waals surface area contributed by atoms with Crippen molar-refractivity contribution < 1.29 is 0 Å². The van der Waals surface area contributed by atoms with Gasteiger partial charge in [-0.15, -0.1) is 6.42 Å². The SMILES string of the molecule is C#CCN(C)C1CCC1CNCC. The van der Waals surface area contributed by atoms with Gasteiger partial charge in [0, 0.05) is 6.04 Å². The first-order valence-electron chi connectivity index (χ1n) is 5.14. The highest BCUT2D eigenvalue weighted by Crippen LogP contribution is 2.30. The first-order chi connectivity index (χ1) is 6.29. The molecule has 0 aromatic heterocycles. The second-order valence-corrected chi connectivity index (χ2v) is 3.83. The topological polar surface area (TPSA) is 15.3 Å². The molecule has 1 aliphatic carbocycles. The van der Waals surface area contributed by atoms with E-state index in [0.29, 0.717) is 0 Å². The highest BCUT2D eigenvalue weighted by atomic mass is 15.1. The molecule has 0 radical (unpaired) electrons. The minimum Gasteiger partial charge on any atom is -0.317 e. The lowest BCUT2D eigenvalue weighted by molar-refractivity contribution is 0.0956. The minimum atomic E-state index is 0.718. The van der Waals surface area contributed by atoms with E-state index >= 15 is 0 Å². The molecule has 0 aliphatic heterocycles. The third-order valence-electron chi connectivity index (χ3n) is 2.94. The highest BCUT2D eigenvalue weighted by Gasteiger charge is 2.32. The molecule has 1 saturated carbocycles. The molecule has 1 N–H and O–H groups in total. The van der Waals surface area contributed by atoms with Crippen molar-refractivity contribution in [3.63, 3.8) is 0 Å². The van der Waals surface area contributed by atoms with Crippen LogP contribution in [0.4, 0.5) is 0 Å². The van der Waals surface area contributed by atoms with Gasteiger partial charge in [-0.2, -0.15) is 0 Å². The zero-order valence-corrected chi connectivity index (χ0v) is 8.71. The molecule has 2 atom stereocenters. The average molecular weight is 180 g/mol. The van der Waals surface area contributed by atoms with E-state index in [2.05, 4.69) is 30.1 Å². The molecule has 2 nitrogen and oxygen atoms in total. The van der Waals surface area contributed by atoms with Crippen molar-refractivity contribution in [3.8, 4) is 12.3 Å². The van der Waals surface area contributed by atoms with Crippen LogP contribution in [0.25, 0.3) is 0 Å². The van der Waals surface area contributed by atoms with E-state index < -0.39 is 0 Å². The Kier molecular flexibility index (Phi) is 4.27. The van der Waals surface area contributed by atoms with Crippen LogP contribution in [-0.2, 0) is 0 Å².